The molecule has 1 aliphatic rings. The van der Waals surface area contributed by atoms with Crippen molar-refractivity contribution < 1.29 is 14.3 Å². The molecule has 0 spiro atoms. The highest BCUT2D eigenvalue weighted by Gasteiger charge is 2.46. The van der Waals surface area contributed by atoms with Gasteiger partial charge < -0.3 is 4.74 Å². The zero-order chi connectivity index (χ0) is 11.5. The van der Waals surface area contributed by atoms with Crippen LogP contribution in [0.25, 0.3) is 0 Å². The van der Waals surface area contributed by atoms with Crippen LogP contribution in [-0.4, -0.2) is 18.4 Å². The molecule has 1 atom stereocenters. The summed E-state index contributed by atoms with van der Waals surface area (Å²) in [5, 5.41) is 0. The molecule has 15 heavy (non-hydrogen) atoms. The summed E-state index contributed by atoms with van der Waals surface area (Å²) in [6.45, 7) is 7.38. The molecule has 1 aliphatic carbocycles. The molecule has 1 unspecified atom stereocenters. The summed E-state index contributed by atoms with van der Waals surface area (Å²) in [6.07, 6.45) is 3.24. The minimum Gasteiger partial charge on any atom is -0.461 e. The first-order valence-electron chi connectivity index (χ1n) is 5.38. The van der Waals surface area contributed by atoms with E-state index in [1.807, 2.05) is 6.92 Å². The van der Waals surface area contributed by atoms with Crippen molar-refractivity contribution in [2.24, 2.45) is 5.41 Å². The number of esters is 1. The number of carbonyl (C=O) groups is 2. The maximum absolute atomic E-state index is 11.5. The molecule has 0 aromatic carbocycles. The first-order chi connectivity index (χ1) is 7.02. The van der Waals surface area contributed by atoms with Crippen LogP contribution in [0.2, 0.25) is 0 Å². The van der Waals surface area contributed by atoms with Crippen molar-refractivity contribution in [1.82, 2.24) is 0 Å². The van der Waals surface area contributed by atoms with Crippen LogP contribution in [0.4, 0.5) is 0 Å². The Morgan fingerprint density at radius 1 is 1.60 bits per heavy atom. The van der Waals surface area contributed by atoms with E-state index in [0.717, 1.165) is 19.3 Å². The van der Waals surface area contributed by atoms with E-state index >= 15 is 0 Å². The van der Waals surface area contributed by atoms with Gasteiger partial charge in [0.2, 0.25) is 0 Å². The van der Waals surface area contributed by atoms with Crippen molar-refractivity contribution in [2.75, 3.05) is 6.61 Å². The maximum atomic E-state index is 11.5. The smallest absolute Gasteiger partial charge is 0.333 e. The number of hydrogen-bond donors (Lipinski definition) is 0. The minimum absolute atomic E-state index is 0.228. The number of Topliss-reactive ketones (excluding diaryl/α,β-unsaturated/α-hetero) is 1. The van der Waals surface area contributed by atoms with Crippen LogP contribution < -0.4 is 0 Å². The van der Waals surface area contributed by atoms with Crippen LogP contribution in [0.15, 0.2) is 12.2 Å². The summed E-state index contributed by atoms with van der Waals surface area (Å²) < 4.78 is 5.07. The minimum atomic E-state index is -0.398. The quantitative estimate of drug-likeness (QED) is 0.516. The summed E-state index contributed by atoms with van der Waals surface area (Å²) in [4.78, 5) is 22.7. The van der Waals surface area contributed by atoms with Crippen LogP contribution in [0.5, 0.6) is 0 Å². The van der Waals surface area contributed by atoms with Gasteiger partial charge in [0.25, 0.3) is 0 Å². The first-order valence-corrected chi connectivity index (χ1v) is 5.38. The molecule has 1 saturated carbocycles. The van der Waals surface area contributed by atoms with E-state index in [2.05, 4.69) is 6.58 Å². The molecule has 0 aromatic heterocycles. The molecule has 0 radical (unpaired) electrons. The normalized spacial score (nSPS) is 24.5. The fraction of sp³-hybridized carbons (Fsp3) is 0.667. The van der Waals surface area contributed by atoms with Crippen LogP contribution in [-0.2, 0) is 14.3 Å². The summed E-state index contributed by atoms with van der Waals surface area (Å²) >= 11 is 0. The Bertz CT molecular complexity index is 293. The van der Waals surface area contributed by atoms with E-state index in [1.165, 1.54) is 0 Å². The number of rotatable bonds is 5. The topological polar surface area (TPSA) is 43.4 Å². The molecule has 0 heterocycles. The molecule has 0 amide bonds. The number of ketones is 1. The number of ether oxygens (including phenoxy) is 1. The van der Waals surface area contributed by atoms with Crippen molar-refractivity contribution in [3.63, 3.8) is 0 Å². The summed E-state index contributed by atoms with van der Waals surface area (Å²) in [5.74, 6) is -0.163. The molecule has 0 saturated heterocycles. The highest BCUT2D eigenvalue weighted by molar-refractivity contribution is 5.91. The van der Waals surface area contributed by atoms with Gasteiger partial charge in [-0.25, -0.2) is 4.79 Å². The number of hydrogen-bond acceptors (Lipinski definition) is 3. The predicted molar refractivity (Wildman–Crippen MR) is 57.4 cm³/mol. The molecule has 3 heteroatoms. The monoisotopic (exact) mass is 210 g/mol. The van der Waals surface area contributed by atoms with Crippen molar-refractivity contribution in [3.8, 4) is 0 Å². The van der Waals surface area contributed by atoms with Crippen molar-refractivity contribution in [1.29, 1.82) is 0 Å². The second-order valence-electron chi connectivity index (χ2n) is 4.31. The molecular weight excluding hydrogens is 192 g/mol. The van der Waals surface area contributed by atoms with Gasteiger partial charge in [-0.05, 0) is 19.8 Å². The summed E-state index contributed by atoms with van der Waals surface area (Å²) in [7, 11) is 0. The molecule has 1 fully saturated rings. The lowest BCUT2D eigenvalue weighted by molar-refractivity contribution is -0.153. The molecule has 0 aliphatic heterocycles. The predicted octanol–water partition coefficient (Wildman–Crippen LogP) is 2.26. The lowest BCUT2D eigenvalue weighted by Crippen LogP contribution is -2.45. The van der Waals surface area contributed by atoms with Gasteiger partial charge in [-0.2, -0.15) is 0 Å². The van der Waals surface area contributed by atoms with E-state index in [0.29, 0.717) is 12.0 Å². The Morgan fingerprint density at radius 2 is 2.27 bits per heavy atom. The standard InChI is InChI=1S/C12H18O3/c1-4-6-12(7-5-10(12)13)8-15-11(14)9(2)3/h2,4-8H2,1,3H3. The molecule has 84 valence electrons. The third-order valence-electron chi connectivity index (χ3n) is 2.98. The Balaban J connectivity index is 2.50. The largest absolute Gasteiger partial charge is 0.461 e. The SMILES string of the molecule is C=C(C)C(=O)OCC1(CCC)CCC1=O. The molecular formula is C12H18O3. The molecule has 1 rings (SSSR count). The number of carbonyl (C=O) groups excluding carboxylic acids is 2. The van der Waals surface area contributed by atoms with E-state index < -0.39 is 5.97 Å². The molecule has 0 bridgehead atoms. The Kier molecular flexibility index (Phi) is 3.66. The van der Waals surface area contributed by atoms with E-state index in [9.17, 15) is 9.59 Å². The molecule has 3 nitrogen and oxygen atoms in total. The van der Waals surface area contributed by atoms with Crippen molar-refractivity contribution in [3.05, 3.63) is 12.2 Å². The van der Waals surface area contributed by atoms with Crippen molar-refractivity contribution >= 4 is 11.8 Å². The van der Waals surface area contributed by atoms with Gasteiger partial charge in [0.05, 0.1) is 5.41 Å². The van der Waals surface area contributed by atoms with Crippen molar-refractivity contribution in [2.45, 2.75) is 39.5 Å². The molecule has 0 aromatic rings. The first kappa shape index (κ1) is 12.0. The van der Waals surface area contributed by atoms with Crippen LogP contribution >= 0.6 is 0 Å². The van der Waals surface area contributed by atoms with E-state index in [1.54, 1.807) is 6.92 Å². The fourth-order valence-electron chi connectivity index (χ4n) is 1.88. The van der Waals surface area contributed by atoms with Gasteiger partial charge in [-0.1, -0.05) is 19.9 Å². The van der Waals surface area contributed by atoms with Crippen LogP contribution in [0, 0.1) is 5.41 Å². The lowest BCUT2D eigenvalue weighted by atomic mass is 9.65. The molecule has 0 N–H and O–H groups in total. The third kappa shape index (κ3) is 2.46. The van der Waals surface area contributed by atoms with E-state index in [-0.39, 0.29) is 17.8 Å². The third-order valence-corrected chi connectivity index (χ3v) is 2.98. The van der Waals surface area contributed by atoms with Gasteiger partial charge in [-0.3, -0.25) is 4.79 Å². The maximum Gasteiger partial charge on any atom is 0.333 e. The Labute approximate surface area is 90.5 Å². The second-order valence-corrected chi connectivity index (χ2v) is 4.31. The van der Waals surface area contributed by atoms with Gasteiger partial charge >= 0.3 is 5.97 Å². The zero-order valence-electron chi connectivity index (χ0n) is 9.47. The van der Waals surface area contributed by atoms with Gasteiger partial charge in [0.15, 0.2) is 0 Å². The van der Waals surface area contributed by atoms with Gasteiger partial charge in [0, 0.05) is 12.0 Å². The second kappa shape index (κ2) is 4.60. The van der Waals surface area contributed by atoms with Gasteiger partial charge in [0.1, 0.15) is 12.4 Å². The Morgan fingerprint density at radius 3 is 2.60 bits per heavy atom. The summed E-state index contributed by atoms with van der Waals surface area (Å²) in [6, 6.07) is 0. The average Bonchev–Trinajstić information content (AvgIpc) is 2.21. The van der Waals surface area contributed by atoms with Gasteiger partial charge in [-0.15, -0.1) is 0 Å². The zero-order valence-corrected chi connectivity index (χ0v) is 9.47. The van der Waals surface area contributed by atoms with Crippen LogP contribution in [0.1, 0.15) is 39.5 Å². The summed E-state index contributed by atoms with van der Waals surface area (Å²) in [5.41, 5.74) is 0.00766. The lowest BCUT2D eigenvalue weighted by Gasteiger charge is -2.39. The highest BCUT2D eigenvalue weighted by Crippen LogP contribution is 2.41. The van der Waals surface area contributed by atoms with E-state index in [4.69, 9.17) is 4.74 Å². The van der Waals surface area contributed by atoms with Crippen LogP contribution in [0.3, 0.4) is 0 Å². The Hall–Kier alpha value is -1.12. The fourth-order valence-corrected chi connectivity index (χ4v) is 1.88. The average molecular weight is 210 g/mol. The highest BCUT2D eigenvalue weighted by atomic mass is 16.5.